The first-order valence-electron chi connectivity index (χ1n) is 5.86. The highest BCUT2D eigenvalue weighted by Gasteiger charge is 2.08. The molecule has 3 aromatic rings. The van der Waals surface area contributed by atoms with Gasteiger partial charge in [0.05, 0.1) is 17.4 Å². The van der Waals surface area contributed by atoms with Crippen LogP contribution in [0.5, 0.6) is 11.8 Å². The first kappa shape index (κ1) is 11.9. The van der Waals surface area contributed by atoms with E-state index in [1.807, 2.05) is 36.4 Å². The van der Waals surface area contributed by atoms with Gasteiger partial charge in [-0.1, -0.05) is 18.2 Å². The van der Waals surface area contributed by atoms with Crippen LogP contribution in [0, 0.1) is 11.3 Å². The molecule has 0 saturated carbocycles. The molecule has 0 aliphatic rings. The minimum atomic E-state index is 0.165. The molecule has 0 saturated heterocycles. The van der Waals surface area contributed by atoms with Gasteiger partial charge >= 0.3 is 6.01 Å². The Hall–Kier alpha value is -3.20. The summed E-state index contributed by atoms with van der Waals surface area (Å²) in [5.41, 5.74) is 1.26. The van der Waals surface area contributed by atoms with Crippen molar-refractivity contribution >= 4 is 0 Å². The third-order valence-electron chi connectivity index (χ3n) is 2.60. The highest BCUT2D eigenvalue weighted by Crippen LogP contribution is 2.21. The second-order valence-corrected chi connectivity index (χ2v) is 3.89. The number of ether oxygens (including phenoxy) is 1. The molecule has 96 valence electrons. The Morgan fingerprint density at radius 2 is 2.00 bits per heavy atom. The molecule has 6 nitrogen and oxygen atoms in total. The molecule has 0 amide bonds. The number of para-hydroxylation sites is 1. The first-order valence-corrected chi connectivity index (χ1v) is 5.86. The van der Waals surface area contributed by atoms with Crippen LogP contribution in [0.15, 0.2) is 55.1 Å². The van der Waals surface area contributed by atoms with E-state index in [0.29, 0.717) is 11.3 Å². The molecule has 0 N–H and O–H groups in total. The summed E-state index contributed by atoms with van der Waals surface area (Å²) < 4.78 is 7.07. The summed E-state index contributed by atoms with van der Waals surface area (Å²) in [7, 11) is 0. The van der Waals surface area contributed by atoms with Crippen molar-refractivity contribution in [2.75, 3.05) is 0 Å². The first-order chi connectivity index (χ1) is 9.86. The molecule has 0 fully saturated rings. The topological polar surface area (TPSA) is 76.6 Å². The Kier molecular flexibility index (Phi) is 3.08. The standard InChI is InChI=1S/C14H9N5O/c15-8-11-6-7-16-9-13(11)20-14-17-10-19(18-14)12-4-2-1-3-5-12/h1-7,9-10H. The fourth-order valence-electron chi connectivity index (χ4n) is 1.65. The van der Waals surface area contributed by atoms with Gasteiger partial charge in [-0.15, -0.1) is 5.10 Å². The fraction of sp³-hybridized carbons (Fsp3) is 0. The van der Waals surface area contributed by atoms with Crippen molar-refractivity contribution in [2.24, 2.45) is 0 Å². The predicted octanol–water partition coefficient (Wildman–Crippen LogP) is 2.33. The van der Waals surface area contributed by atoms with Crippen LogP contribution in [0.3, 0.4) is 0 Å². The van der Waals surface area contributed by atoms with Gasteiger partial charge in [-0.2, -0.15) is 10.2 Å². The maximum atomic E-state index is 8.98. The van der Waals surface area contributed by atoms with Crippen molar-refractivity contribution < 1.29 is 4.74 Å². The molecule has 0 radical (unpaired) electrons. The van der Waals surface area contributed by atoms with E-state index in [2.05, 4.69) is 15.1 Å². The zero-order valence-electron chi connectivity index (χ0n) is 10.3. The zero-order valence-corrected chi connectivity index (χ0v) is 10.3. The molecule has 6 heteroatoms. The summed E-state index contributed by atoms with van der Waals surface area (Å²) in [6.45, 7) is 0. The van der Waals surface area contributed by atoms with Gasteiger partial charge in [0.15, 0.2) is 5.75 Å². The second-order valence-electron chi connectivity index (χ2n) is 3.89. The lowest BCUT2D eigenvalue weighted by atomic mass is 10.3. The van der Waals surface area contributed by atoms with Crippen LogP contribution in [0.1, 0.15) is 5.56 Å². The summed E-state index contributed by atoms with van der Waals surface area (Å²) >= 11 is 0. The van der Waals surface area contributed by atoms with Gasteiger partial charge in [0.25, 0.3) is 0 Å². The largest absolute Gasteiger partial charge is 0.420 e. The molecule has 2 aromatic heterocycles. The average molecular weight is 263 g/mol. The third kappa shape index (κ3) is 2.33. The number of aromatic nitrogens is 4. The van der Waals surface area contributed by atoms with E-state index in [9.17, 15) is 0 Å². The number of nitrogens with zero attached hydrogens (tertiary/aromatic N) is 5. The molecular formula is C14H9N5O. The number of nitriles is 1. The van der Waals surface area contributed by atoms with E-state index in [4.69, 9.17) is 10.00 Å². The Morgan fingerprint density at radius 1 is 1.15 bits per heavy atom. The van der Waals surface area contributed by atoms with E-state index in [-0.39, 0.29) is 6.01 Å². The van der Waals surface area contributed by atoms with Gasteiger partial charge in [0.1, 0.15) is 12.4 Å². The van der Waals surface area contributed by atoms with Crippen LogP contribution in [0.25, 0.3) is 5.69 Å². The molecule has 1 aromatic carbocycles. The van der Waals surface area contributed by atoms with E-state index < -0.39 is 0 Å². The predicted molar refractivity (Wildman–Crippen MR) is 70.4 cm³/mol. The molecular weight excluding hydrogens is 254 g/mol. The summed E-state index contributed by atoms with van der Waals surface area (Å²) in [6, 6.07) is 13.3. The number of hydrogen-bond donors (Lipinski definition) is 0. The smallest absolute Gasteiger partial charge is 0.341 e. The summed E-state index contributed by atoms with van der Waals surface area (Å²) in [4.78, 5) is 7.97. The SMILES string of the molecule is N#Cc1ccncc1Oc1ncn(-c2ccccc2)n1. The molecule has 3 rings (SSSR count). The zero-order chi connectivity index (χ0) is 13.8. The van der Waals surface area contributed by atoms with Crippen LogP contribution in [0.4, 0.5) is 0 Å². The van der Waals surface area contributed by atoms with Crippen molar-refractivity contribution in [1.82, 2.24) is 19.7 Å². The minimum absolute atomic E-state index is 0.165. The van der Waals surface area contributed by atoms with Crippen molar-refractivity contribution in [2.45, 2.75) is 0 Å². The minimum Gasteiger partial charge on any atom is -0.420 e. The highest BCUT2D eigenvalue weighted by molar-refractivity contribution is 5.41. The normalized spacial score (nSPS) is 9.95. The van der Waals surface area contributed by atoms with Gasteiger partial charge in [-0.25, -0.2) is 4.68 Å². The van der Waals surface area contributed by atoms with Gasteiger partial charge in [0, 0.05) is 6.20 Å². The molecule has 20 heavy (non-hydrogen) atoms. The van der Waals surface area contributed by atoms with Crippen molar-refractivity contribution in [3.8, 4) is 23.5 Å². The van der Waals surface area contributed by atoms with Gasteiger partial charge in [-0.05, 0) is 18.2 Å². The summed E-state index contributed by atoms with van der Waals surface area (Å²) in [6.07, 6.45) is 4.54. The van der Waals surface area contributed by atoms with Gasteiger partial charge in [0.2, 0.25) is 0 Å². The Bertz CT molecular complexity index is 760. The molecule has 0 atom stereocenters. The van der Waals surface area contributed by atoms with Crippen LogP contribution >= 0.6 is 0 Å². The van der Waals surface area contributed by atoms with E-state index in [1.165, 1.54) is 12.4 Å². The molecule has 0 unspecified atom stereocenters. The number of benzene rings is 1. The van der Waals surface area contributed by atoms with E-state index in [0.717, 1.165) is 5.69 Å². The molecule has 2 heterocycles. The van der Waals surface area contributed by atoms with Gasteiger partial charge < -0.3 is 4.74 Å². The van der Waals surface area contributed by atoms with Crippen molar-refractivity contribution in [3.63, 3.8) is 0 Å². The molecule has 0 aliphatic carbocycles. The highest BCUT2D eigenvalue weighted by atomic mass is 16.5. The third-order valence-corrected chi connectivity index (χ3v) is 2.60. The van der Waals surface area contributed by atoms with Crippen LogP contribution < -0.4 is 4.74 Å². The van der Waals surface area contributed by atoms with Crippen molar-refractivity contribution in [1.29, 1.82) is 5.26 Å². The Balaban J connectivity index is 1.87. The number of pyridine rings is 1. The lowest BCUT2D eigenvalue weighted by Crippen LogP contribution is -1.95. The monoisotopic (exact) mass is 263 g/mol. The average Bonchev–Trinajstić information content (AvgIpc) is 2.97. The summed E-state index contributed by atoms with van der Waals surface area (Å²) in [5, 5.41) is 13.2. The van der Waals surface area contributed by atoms with Crippen LogP contribution in [-0.2, 0) is 0 Å². The molecule has 0 bridgehead atoms. The van der Waals surface area contributed by atoms with Crippen LogP contribution in [-0.4, -0.2) is 19.7 Å². The number of rotatable bonds is 3. The Morgan fingerprint density at radius 3 is 2.80 bits per heavy atom. The van der Waals surface area contributed by atoms with Crippen molar-refractivity contribution in [3.05, 3.63) is 60.7 Å². The van der Waals surface area contributed by atoms with E-state index in [1.54, 1.807) is 17.1 Å². The summed E-state index contributed by atoms with van der Waals surface area (Å²) in [5.74, 6) is 0.334. The maximum absolute atomic E-state index is 8.98. The Labute approximate surface area is 114 Å². The van der Waals surface area contributed by atoms with E-state index >= 15 is 0 Å². The quantitative estimate of drug-likeness (QED) is 0.724. The number of hydrogen-bond acceptors (Lipinski definition) is 5. The molecule has 0 aliphatic heterocycles. The lowest BCUT2D eigenvalue weighted by Gasteiger charge is -2.01. The maximum Gasteiger partial charge on any atom is 0.341 e. The van der Waals surface area contributed by atoms with Gasteiger partial charge in [-0.3, -0.25) is 4.98 Å². The molecule has 0 spiro atoms. The van der Waals surface area contributed by atoms with Crippen LogP contribution in [0.2, 0.25) is 0 Å². The second kappa shape index (κ2) is 5.20. The fourth-order valence-corrected chi connectivity index (χ4v) is 1.65. The lowest BCUT2D eigenvalue weighted by molar-refractivity contribution is 0.438.